The van der Waals surface area contributed by atoms with Gasteiger partial charge in [-0.2, -0.15) is 0 Å². The summed E-state index contributed by atoms with van der Waals surface area (Å²) in [7, 11) is 4.74. The number of nitrogens with zero attached hydrogens (tertiary/aromatic N) is 4. The molecule has 3 N–H and O–H groups in total. The lowest BCUT2D eigenvalue weighted by molar-refractivity contribution is -0.135. The molecule has 0 aliphatic carbocycles. The number of H-pyrrole nitrogens is 2. The molecule has 3 heterocycles. The number of benzene rings is 4. The van der Waals surface area contributed by atoms with Crippen molar-refractivity contribution in [1.29, 1.82) is 0 Å². The zero-order chi connectivity index (χ0) is 43.7. The maximum Gasteiger partial charge on any atom is 0.410 e. The van der Waals surface area contributed by atoms with Crippen molar-refractivity contribution >= 4 is 61.7 Å². The number of carbonyl (C=O) groups is 3. The number of imidazole rings is 2. The number of aromatic amines is 2. The van der Waals surface area contributed by atoms with E-state index in [9.17, 15) is 14.4 Å². The fourth-order valence-electron chi connectivity index (χ4n) is 8.50. The van der Waals surface area contributed by atoms with Crippen LogP contribution in [0.4, 0.5) is 9.59 Å². The van der Waals surface area contributed by atoms with E-state index < -0.39 is 23.8 Å². The third-order valence-corrected chi connectivity index (χ3v) is 11.5. The molecule has 61 heavy (non-hydrogen) atoms. The minimum Gasteiger partial charge on any atom is -0.453 e. The molecule has 0 saturated carbocycles. The number of methoxy groups -OCH3 is 2. The molecule has 13 nitrogen and oxygen atoms in total. The molecule has 3 amide bonds. The Morgan fingerprint density at radius 1 is 0.934 bits per heavy atom. The summed E-state index contributed by atoms with van der Waals surface area (Å²) < 4.78 is 16.0. The zero-order valence-electron chi connectivity index (χ0n) is 36.9. The Bertz CT molecular complexity index is 2680. The molecule has 0 bridgehead atoms. The first-order valence-electron chi connectivity index (χ1n) is 21.0. The lowest BCUT2D eigenvalue weighted by atomic mass is 9.95. The Labute approximate surface area is 356 Å². The molecular formula is C48H57N7O6. The van der Waals surface area contributed by atoms with Gasteiger partial charge in [-0.05, 0) is 99.6 Å². The smallest absolute Gasteiger partial charge is 0.410 e. The van der Waals surface area contributed by atoms with Crippen molar-refractivity contribution in [2.45, 2.75) is 91.5 Å². The molecule has 4 atom stereocenters. The number of ether oxygens (including phenoxy) is 3. The molecule has 1 fully saturated rings. The number of aromatic nitrogens is 4. The van der Waals surface area contributed by atoms with Gasteiger partial charge in [0.05, 0.1) is 41.3 Å². The van der Waals surface area contributed by atoms with Crippen LogP contribution in [-0.2, 0) is 19.0 Å². The summed E-state index contributed by atoms with van der Waals surface area (Å²) >= 11 is 0. The number of alkyl carbamates (subject to hydrolysis) is 1. The predicted molar refractivity (Wildman–Crippen MR) is 239 cm³/mol. The summed E-state index contributed by atoms with van der Waals surface area (Å²) in [5.41, 5.74) is 5.70. The van der Waals surface area contributed by atoms with Crippen molar-refractivity contribution in [2.24, 2.45) is 11.8 Å². The second kappa shape index (κ2) is 17.5. The standard InChI is InChI=1S/C48H57N7O6/c1-11-13-31-25-37-42(52-43(50-37)38-14-12-21-55(38)45(56)40(27(2)3)53-46(57)60-10)34-19-16-30(24-35(31)34)29-15-18-33-32(23-29)17-20-36-41(33)51-44(49-36)39(22-28(4)26-59-9)54(8)47(58)61-48(5,6)7/h15-20,23-25,27-28,38-40H,12,14,21-22,26H2,1-10H3,(H,49,51)(H,50,52)(H,53,57)/t28-,38+,39+,40+/m1/s1. The van der Waals surface area contributed by atoms with E-state index in [1.807, 2.05) is 58.6 Å². The molecular weight excluding hydrogens is 771 g/mol. The van der Waals surface area contributed by atoms with Gasteiger partial charge in [0.25, 0.3) is 0 Å². The molecule has 0 radical (unpaired) electrons. The number of hydrogen-bond acceptors (Lipinski definition) is 8. The Kier molecular flexibility index (Phi) is 12.3. The number of carbonyl (C=O) groups excluding carboxylic acids is 3. The Morgan fingerprint density at radius 3 is 2.34 bits per heavy atom. The highest BCUT2D eigenvalue weighted by Gasteiger charge is 2.38. The van der Waals surface area contributed by atoms with Crippen molar-refractivity contribution < 1.29 is 28.6 Å². The molecule has 4 aromatic carbocycles. The Balaban J connectivity index is 1.22. The average molecular weight is 828 g/mol. The molecule has 7 rings (SSSR count). The van der Waals surface area contributed by atoms with Crippen LogP contribution in [0.25, 0.3) is 54.7 Å². The topological polar surface area (TPSA) is 155 Å². The van der Waals surface area contributed by atoms with Gasteiger partial charge < -0.3 is 39.3 Å². The van der Waals surface area contributed by atoms with E-state index in [1.54, 1.807) is 19.1 Å². The monoisotopic (exact) mass is 827 g/mol. The number of amides is 3. The van der Waals surface area contributed by atoms with Gasteiger partial charge in [0.15, 0.2) is 0 Å². The molecule has 0 unspecified atom stereocenters. The van der Waals surface area contributed by atoms with E-state index >= 15 is 0 Å². The normalized spacial score (nSPS) is 15.9. The summed E-state index contributed by atoms with van der Waals surface area (Å²) in [6.07, 6.45) is 1.18. The molecule has 1 saturated heterocycles. The summed E-state index contributed by atoms with van der Waals surface area (Å²) in [4.78, 5) is 59.9. The highest BCUT2D eigenvalue weighted by Crippen LogP contribution is 2.38. The molecule has 320 valence electrons. The number of hydrogen-bond donors (Lipinski definition) is 3. The molecule has 2 aromatic heterocycles. The SMILES string of the molecule is CC#Cc1cc2nc([C@@H]3CCCN3C(=O)[C@@H](NC(=O)OC)C(C)C)[nH]c2c2ccc(-c3ccc4c(ccc5nc([C@H](C[C@@H](C)COC)N(C)C(=O)OC(C)(C)C)[nH]c54)c3)cc12. The van der Waals surface area contributed by atoms with E-state index in [2.05, 4.69) is 76.5 Å². The van der Waals surface area contributed by atoms with E-state index in [1.165, 1.54) is 7.11 Å². The van der Waals surface area contributed by atoms with Gasteiger partial charge in [-0.1, -0.05) is 57.0 Å². The Hall–Kier alpha value is -6.13. The first-order valence-corrected chi connectivity index (χ1v) is 21.0. The minimum absolute atomic E-state index is 0.128. The second-order valence-electron chi connectivity index (χ2n) is 17.5. The van der Waals surface area contributed by atoms with Crippen molar-refractivity contribution in [3.63, 3.8) is 0 Å². The number of nitrogens with one attached hydrogen (secondary N) is 3. The van der Waals surface area contributed by atoms with Crippen LogP contribution in [0.3, 0.4) is 0 Å². The lowest BCUT2D eigenvalue weighted by Gasteiger charge is -2.31. The summed E-state index contributed by atoms with van der Waals surface area (Å²) in [6.45, 7) is 14.5. The van der Waals surface area contributed by atoms with E-state index in [-0.39, 0.29) is 29.8 Å². The zero-order valence-corrected chi connectivity index (χ0v) is 36.9. The van der Waals surface area contributed by atoms with E-state index in [0.717, 1.165) is 73.1 Å². The van der Waals surface area contributed by atoms with Crippen LogP contribution in [0, 0.1) is 23.7 Å². The van der Waals surface area contributed by atoms with Crippen LogP contribution in [0.2, 0.25) is 0 Å². The van der Waals surface area contributed by atoms with Gasteiger partial charge >= 0.3 is 12.2 Å². The molecule has 1 aliphatic heterocycles. The first kappa shape index (κ1) is 43.0. The Morgan fingerprint density at radius 2 is 1.66 bits per heavy atom. The van der Waals surface area contributed by atoms with Crippen LogP contribution in [0.5, 0.6) is 0 Å². The minimum atomic E-state index is -0.716. The second-order valence-corrected chi connectivity index (χ2v) is 17.5. The summed E-state index contributed by atoms with van der Waals surface area (Å²) in [6, 6.07) is 17.6. The van der Waals surface area contributed by atoms with Crippen LogP contribution in [-0.4, -0.2) is 93.9 Å². The van der Waals surface area contributed by atoms with E-state index in [0.29, 0.717) is 31.2 Å². The van der Waals surface area contributed by atoms with Gasteiger partial charge in [-0.15, -0.1) is 5.92 Å². The third kappa shape index (κ3) is 8.86. The van der Waals surface area contributed by atoms with Crippen LogP contribution in [0.1, 0.15) is 97.0 Å². The van der Waals surface area contributed by atoms with Crippen molar-refractivity contribution in [1.82, 2.24) is 35.1 Å². The third-order valence-electron chi connectivity index (χ3n) is 11.5. The number of likely N-dealkylation sites (tertiary alicyclic amines) is 1. The fraction of sp³-hybridized carbons (Fsp3) is 0.438. The molecule has 6 aromatic rings. The lowest BCUT2D eigenvalue weighted by Crippen LogP contribution is -2.51. The van der Waals surface area contributed by atoms with Crippen LogP contribution < -0.4 is 5.32 Å². The summed E-state index contributed by atoms with van der Waals surface area (Å²) in [5, 5.41) is 6.77. The van der Waals surface area contributed by atoms with Crippen molar-refractivity contribution in [3.05, 3.63) is 71.8 Å². The molecule has 1 aliphatic rings. The van der Waals surface area contributed by atoms with Crippen LogP contribution in [0.15, 0.2) is 54.6 Å². The highest BCUT2D eigenvalue weighted by molar-refractivity contribution is 6.09. The van der Waals surface area contributed by atoms with Gasteiger partial charge in [0.1, 0.15) is 23.3 Å². The largest absolute Gasteiger partial charge is 0.453 e. The fourth-order valence-corrected chi connectivity index (χ4v) is 8.50. The average Bonchev–Trinajstić information content (AvgIpc) is 3.99. The maximum atomic E-state index is 13.8. The predicted octanol–water partition coefficient (Wildman–Crippen LogP) is 9.41. The molecule has 13 heteroatoms. The van der Waals surface area contributed by atoms with Crippen molar-refractivity contribution in [3.8, 4) is 23.0 Å². The summed E-state index contributed by atoms with van der Waals surface area (Å²) in [5.74, 6) is 7.69. The van der Waals surface area contributed by atoms with Gasteiger partial charge in [0, 0.05) is 49.0 Å². The highest BCUT2D eigenvalue weighted by atomic mass is 16.6. The molecule has 0 spiro atoms. The first-order chi connectivity index (χ1) is 29.1. The number of fused-ring (bicyclic) bond motifs is 6. The van der Waals surface area contributed by atoms with Gasteiger partial charge in [-0.3, -0.25) is 4.79 Å². The van der Waals surface area contributed by atoms with Gasteiger partial charge in [0.2, 0.25) is 5.91 Å². The number of rotatable bonds is 11. The van der Waals surface area contributed by atoms with Crippen LogP contribution >= 0.6 is 0 Å². The maximum absolute atomic E-state index is 13.8. The quantitative estimate of drug-likeness (QED) is 0.109. The van der Waals surface area contributed by atoms with Gasteiger partial charge in [-0.25, -0.2) is 19.6 Å². The van der Waals surface area contributed by atoms with E-state index in [4.69, 9.17) is 24.2 Å². The van der Waals surface area contributed by atoms with Crippen molar-refractivity contribution in [2.75, 3.05) is 34.4 Å².